The summed E-state index contributed by atoms with van der Waals surface area (Å²) in [6.45, 7) is 1.64. The van der Waals surface area contributed by atoms with E-state index in [9.17, 15) is 24.6 Å². The average molecular weight is 443 g/mol. The Bertz CT molecular complexity index is 963. The molecule has 164 valence electrons. The zero-order chi connectivity index (χ0) is 22.5. The first-order chi connectivity index (χ1) is 14.8. The number of aryl methyl sites for hydroxylation is 1. The number of nitrogens with one attached hydrogen (secondary N) is 1. The summed E-state index contributed by atoms with van der Waals surface area (Å²) >= 11 is 4.32. The molecule has 0 unspecified atom stereocenters. The predicted molar refractivity (Wildman–Crippen MR) is 119 cm³/mol. The molecule has 3 atom stereocenters. The fourth-order valence-corrected chi connectivity index (χ4v) is 4.29. The first-order valence-electron chi connectivity index (χ1n) is 10.1. The number of carboxylic acids is 1. The van der Waals surface area contributed by atoms with Crippen LogP contribution < -0.4 is 5.32 Å². The Labute approximate surface area is 186 Å². The largest absolute Gasteiger partial charge is 0.508 e. The number of nitrogens with zero attached hydrogens (tertiary/aromatic N) is 1. The standard InChI is InChI=1S/C23H26N2O5S/c1-14-4-2-3-5-17(14)18-10-11-19(23(29)30)25(18)21(27)13-24-22(28)20(31)12-15-6-8-16(26)9-7-15/h2-9,18-20,26,31H,10-13H2,1H3,(H,24,28)(H,29,30)/t18-,19+,20-/m0/s1. The van der Waals surface area contributed by atoms with Crippen LogP contribution in [0.4, 0.5) is 0 Å². The number of aliphatic carboxylic acids is 1. The quantitative estimate of drug-likeness (QED) is 0.493. The zero-order valence-electron chi connectivity index (χ0n) is 17.2. The van der Waals surface area contributed by atoms with Crippen molar-refractivity contribution in [2.45, 2.75) is 43.5 Å². The molecule has 0 bridgehead atoms. The molecule has 0 aromatic heterocycles. The molecule has 1 saturated heterocycles. The molecule has 7 nitrogen and oxygen atoms in total. The monoisotopic (exact) mass is 442 g/mol. The number of carboxylic acid groups (broad SMARTS) is 1. The molecular weight excluding hydrogens is 416 g/mol. The molecule has 2 amide bonds. The second kappa shape index (κ2) is 9.87. The Morgan fingerprint density at radius 3 is 2.45 bits per heavy atom. The summed E-state index contributed by atoms with van der Waals surface area (Å²) in [5.74, 6) is -1.76. The Hall–Kier alpha value is -3.00. The highest BCUT2D eigenvalue weighted by Gasteiger charge is 2.41. The number of benzene rings is 2. The molecule has 1 fully saturated rings. The van der Waals surface area contributed by atoms with Gasteiger partial charge >= 0.3 is 5.97 Å². The van der Waals surface area contributed by atoms with Gasteiger partial charge in [-0.25, -0.2) is 4.79 Å². The summed E-state index contributed by atoms with van der Waals surface area (Å²) in [5, 5.41) is 20.9. The smallest absolute Gasteiger partial charge is 0.326 e. The van der Waals surface area contributed by atoms with E-state index in [1.165, 1.54) is 17.0 Å². The normalized spacial score (nSPS) is 19.1. The highest BCUT2D eigenvalue weighted by Crippen LogP contribution is 2.37. The number of hydrogen-bond acceptors (Lipinski definition) is 5. The first kappa shape index (κ1) is 22.7. The van der Waals surface area contributed by atoms with Crippen molar-refractivity contribution in [3.63, 3.8) is 0 Å². The molecule has 31 heavy (non-hydrogen) atoms. The maximum atomic E-state index is 13.0. The van der Waals surface area contributed by atoms with Crippen molar-refractivity contribution in [2.75, 3.05) is 6.54 Å². The average Bonchev–Trinajstić information content (AvgIpc) is 3.19. The van der Waals surface area contributed by atoms with Crippen LogP contribution in [0.25, 0.3) is 0 Å². The summed E-state index contributed by atoms with van der Waals surface area (Å²) in [4.78, 5) is 38.5. The van der Waals surface area contributed by atoms with Crippen LogP contribution in [-0.2, 0) is 20.8 Å². The summed E-state index contributed by atoms with van der Waals surface area (Å²) in [5.41, 5.74) is 2.74. The molecule has 2 aromatic rings. The highest BCUT2D eigenvalue weighted by atomic mass is 32.1. The molecule has 2 aromatic carbocycles. The van der Waals surface area contributed by atoms with Crippen LogP contribution >= 0.6 is 12.6 Å². The Balaban J connectivity index is 1.66. The Morgan fingerprint density at radius 2 is 1.81 bits per heavy atom. The van der Waals surface area contributed by atoms with Crippen LogP contribution in [0.2, 0.25) is 0 Å². The Morgan fingerprint density at radius 1 is 1.13 bits per heavy atom. The van der Waals surface area contributed by atoms with Crippen LogP contribution in [0.15, 0.2) is 48.5 Å². The number of phenolic OH excluding ortho intramolecular Hbond substituents is 1. The maximum Gasteiger partial charge on any atom is 0.326 e. The van der Waals surface area contributed by atoms with Gasteiger partial charge in [-0.05, 0) is 55.0 Å². The van der Waals surface area contributed by atoms with Crippen molar-refractivity contribution in [3.8, 4) is 5.75 Å². The minimum atomic E-state index is -1.05. The lowest BCUT2D eigenvalue weighted by atomic mass is 9.99. The first-order valence-corrected chi connectivity index (χ1v) is 10.6. The van der Waals surface area contributed by atoms with E-state index < -0.39 is 29.1 Å². The van der Waals surface area contributed by atoms with E-state index >= 15 is 0 Å². The van der Waals surface area contributed by atoms with Gasteiger partial charge in [0.1, 0.15) is 11.8 Å². The van der Waals surface area contributed by atoms with Gasteiger partial charge in [-0.3, -0.25) is 9.59 Å². The number of aromatic hydroxyl groups is 1. The molecular formula is C23H26N2O5S. The van der Waals surface area contributed by atoms with Gasteiger partial charge in [-0.2, -0.15) is 12.6 Å². The highest BCUT2D eigenvalue weighted by molar-refractivity contribution is 7.81. The molecule has 3 N–H and O–H groups in total. The second-order valence-electron chi connectivity index (χ2n) is 7.71. The molecule has 8 heteroatoms. The lowest BCUT2D eigenvalue weighted by Gasteiger charge is -2.30. The van der Waals surface area contributed by atoms with Gasteiger partial charge in [0.05, 0.1) is 17.8 Å². The van der Waals surface area contributed by atoms with Crippen LogP contribution in [0.5, 0.6) is 5.75 Å². The molecule has 0 spiro atoms. The van der Waals surface area contributed by atoms with E-state index in [1.807, 2.05) is 31.2 Å². The van der Waals surface area contributed by atoms with Gasteiger partial charge in [0.15, 0.2) is 0 Å². The van der Waals surface area contributed by atoms with Crippen molar-refractivity contribution in [1.82, 2.24) is 10.2 Å². The SMILES string of the molecule is Cc1ccccc1[C@@H]1CC[C@H](C(=O)O)N1C(=O)CNC(=O)[C@@H](S)Cc1ccc(O)cc1. The van der Waals surface area contributed by atoms with Gasteiger partial charge in [0, 0.05) is 0 Å². The number of amides is 2. The van der Waals surface area contributed by atoms with Gasteiger partial charge in [0.2, 0.25) is 11.8 Å². The number of phenols is 1. The summed E-state index contributed by atoms with van der Waals surface area (Å²) in [6, 6.07) is 12.8. The van der Waals surface area contributed by atoms with E-state index in [2.05, 4.69) is 17.9 Å². The third-order valence-electron chi connectivity index (χ3n) is 5.59. The van der Waals surface area contributed by atoms with Crippen molar-refractivity contribution < 1.29 is 24.6 Å². The number of rotatable bonds is 7. The lowest BCUT2D eigenvalue weighted by Crippen LogP contribution is -2.47. The van der Waals surface area contributed by atoms with E-state index in [1.54, 1.807) is 12.1 Å². The summed E-state index contributed by atoms with van der Waals surface area (Å²) in [6.07, 6.45) is 1.25. The summed E-state index contributed by atoms with van der Waals surface area (Å²) < 4.78 is 0. The van der Waals surface area contributed by atoms with Crippen molar-refractivity contribution >= 4 is 30.4 Å². The molecule has 0 saturated carbocycles. The zero-order valence-corrected chi connectivity index (χ0v) is 18.1. The van der Waals surface area contributed by atoms with Gasteiger partial charge in [0.25, 0.3) is 0 Å². The van der Waals surface area contributed by atoms with Crippen molar-refractivity contribution in [2.24, 2.45) is 0 Å². The number of carbonyl (C=O) groups is 3. The fourth-order valence-electron chi connectivity index (χ4n) is 3.99. The summed E-state index contributed by atoms with van der Waals surface area (Å²) in [7, 11) is 0. The number of thiol groups is 1. The van der Waals surface area contributed by atoms with Crippen LogP contribution in [0, 0.1) is 6.92 Å². The van der Waals surface area contributed by atoms with Gasteiger partial charge < -0.3 is 20.4 Å². The van der Waals surface area contributed by atoms with E-state index in [0.29, 0.717) is 19.3 Å². The number of likely N-dealkylation sites (tertiary alicyclic amines) is 1. The second-order valence-corrected chi connectivity index (χ2v) is 8.33. The van der Waals surface area contributed by atoms with E-state index in [4.69, 9.17) is 0 Å². The number of carbonyl (C=O) groups excluding carboxylic acids is 2. The third kappa shape index (κ3) is 5.38. The van der Waals surface area contributed by atoms with Crippen molar-refractivity contribution in [1.29, 1.82) is 0 Å². The Kier molecular flexibility index (Phi) is 7.22. The van der Waals surface area contributed by atoms with Crippen LogP contribution in [-0.4, -0.2) is 50.7 Å². The van der Waals surface area contributed by atoms with Crippen molar-refractivity contribution in [3.05, 3.63) is 65.2 Å². The maximum absolute atomic E-state index is 13.0. The van der Waals surface area contributed by atoms with Gasteiger partial charge in [-0.1, -0.05) is 36.4 Å². The van der Waals surface area contributed by atoms with E-state index in [0.717, 1.165) is 16.7 Å². The molecule has 0 radical (unpaired) electrons. The van der Waals surface area contributed by atoms with Crippen LogP contribution in [0.3, 0.4) is 0 Å². The van der Waals surface area contributed by atoms with Crippen LogP contribution in [0.1, 0.15) is 35.6 Å². The molecule has 1 heterocycles. The molecule has 0 aliphatic carbocycles. The number of hydrogen-bond donors (Lipinski definition) is 4. The topological polar surface area (TPSA) is 107 Å². The third-order valence-corrected chi connectivity index (χ3v) is 6.00. The van der Waals surface area contributed by atoms with Gasteiger partial charge in [-0.15, -0.1) is 0 Å². The minimum Gasteiger partial charge on any atom is -0.508 e. The fraction of sp³-hybridized carbons (Fsp3) is 0.348. The lowest BCUT2D eigenvalue weighted by molar-refractivity contribution is -0.149. The predicted octanol–water partition coefficient (Wildman–Crippen LogP) is 2.47. The molecule has 1 aliphatic heterocycles. The van der Waals surface area contributed by atoms with E-state index in [-0.39, 0.29) is 18.3 Å². The molecule has 1 aliphatic rings. The molecule has 3 rings (SSSR count). The minimum absolute atomic E-state index is 0.135.